The smallest absolute Gasteiger partial charge is 0.279 e. The van der Waals surface area contributed by atoms with E-state index < -0.39 is 0 Å². The first-order valence-corrected chi connectivity index (χ1v) is 8.89. The largest absolute Gasteiger partial charge is 0.328 e. The first-order chi connectivity index (χ1) is 11.7. The highest BCUT2D eigenvalue weighted by molar-refractivity contribution is 7.10. The molecule has 0 fully saturated rings. The fourth-order valence-corrected chi connectivity index (χ4v) is 3.53. The number of hydrogen-bond donors (Lipinski definition) is 2. The molecule has 0 spiro atoms. The standard InChI is InChI=1S/C20H20N2OS/c1-15-8-5-6-11-17(15)22-19(23)14-21-20(18-12-7-13-24-18)16-9-3-2-4-10-16/h2-13,20-21H,14H2,1H3,(H,22,23)/p+1/t20-/m1/s1. The van der Waals surface area contributed by atoms with Crippen molar-refractivity contribution in [1.29, 1.82) is 0 Å². The number of benzene rings is 2. The lowest BCUT2D eigenvalue weighted by Gasteiger charge is -2.15. The number of carbonyl (C=O) groups excluding carboxylic acids is 1. The van der Waals surface area contributed by atoms with E-state index in [2.05, 4.69) is 40.3 Å². The second-order valence-corrected chi connectivity index (χ2v) is 6.69. The van der Waals surface area contributed by atoms with Gasteiger partial charge < -0.3 is 10.6 Å². The van der Waals surface area contributed by atoms with Crippen LogP contribution in [0.15, 0.2) is 72.1 Å². The molecular formula is C20H21N2OS+. The number of anilines is 1. The molecule has 0 saturated carbocycles. The van der Waals surface area contributed by atoms with E-state index in [4.69, 9.17) is 0 Å². The summed E-state index contributed by atoms with van der Waals surface area (Å²) in [7, 11) is 0. The number of carbonyl (C=O) groups is 1. The average Bonchev–Trinajstić information content (AvgIpc) is 3.12. The zero-order valence-electron chi connectivity index (χ0n) is 13.6. The highest BCUT2D eigenvalue weighted by Gasteiger charge is 2.19. The van der Waals surface area contributed by atoms with Gasteiger partial charge in [0, 0.05) is 11.3 Å². The summed E-state index contributed by atoms with van der Waals surface area (Å²) >= 11 is 1.72. The van der Waals surface area contributed by atoms with Gasteiger partial charge >= 0.3 is 0 Å². The number of nitrogens with two attached hydrogens (primary N) is 1. The average molecular weight is 337 g/mol. The minimum Gasteiger partial charge on any atom is -0.328 e. The summed E-state index contributed by atoms with van der Waals surface area (Å²) in [5.41, 5.74) is 3.16. The van der Waals surface area contributed by atoms with Gasteiger partial charge in [-0.1, -0.05) is 54.6 Å². The fraction of sp³-hybridized carbons (Fsp3) is 0.150. The first kappa shape index (κ1) is 16.4. The molecule has 0 aliphatic rings. The van der Waals surface area contributed by atoms with E-state index in [0.29, 0.717) is 6.54 Å². The van der Waals surface area contributed by atoms with Crippen LogP contribution in [0, 0.1) is 6.92 Å². The van der Waals surface area contributed by atoms with Crippen LogP contribution in [0.4, 0.5) is 5.69 Å². The van der Waals surface area contributed by atoms with Crippen molar-refractivity contribution < 1.29 is 10.1 Å². The molecule has 0 saturated heterocycles. The molecule has 0 aliphatic carbocycles. The van der Waals surface area contributed by atoms with E-state index in [9.17, 15) is 4.79 Å². The number of aryl methyl sites for hydroxylation is 1. The quantitative estimate of drug-likeness (QED) is 0.712. The molecule has 122 valence electrons. The number of rotatable bonds is 6. The van der Waals surface area contributed by atoms with Crippen LogP contribution in [-0.4, -0.2) is 12.5 Å². The van der Waals surface area contributed by atoms with Crippen molar-refractivity contribution in [3.63, 3.8) is 0 Å². The van der Waals surface area contributed by atoms with Gasteiger partial charge in [0.25, 0.3) is 5.91 Å². The lowest BCUT2D eigenvalue weighted by molar-refractivity contribution is -0.675. The Balaban J connectivity index is 1.68. The third-order valence-corrected chi connectivity index (χ3v) is 4.92. The van der Waals surface area contributed by atoms with Crippen molar-refractivity contribution in [1.82, 2.24) is 0 Å². The molecular weight excluding hydrogens is 316 g/mol. The van der Waals surface area contributed by atoms with Crippen molar-refractivity contribution in [3.8, 4) is 0 Å². The number of para-hydroxylation sites is 1. The second-order valence-electron chi connectivity index (χ2n) is 5.71. The van der Waals surface area contributed by atoms with Crippen molar-refractivity contribution >= 4 is 22.9 Å². The van der Waals surface area contributed by atoms with Crippen LogP contribution in [0.25, 0.3) is 0 Å². The van der Waals surface area contributed by atoms with Crippen molar-refractivity contribution in [3.05, 3.63) is 88.1 Å². The van der Waals surface area contributed by atoms with Gasteiger partial charge in [-0.05, 0) is 30.0 Å². The molecule has 3 rings (SSSR count). The van der Waals surface area contributed by atoms with Gasteiger partial charge in [-0.25, -0.2) is 0 Å². The van der Waals surface area contributed by atoms with E-state index in [1.165, 1.54) is 10.4 Å². The van der Waals surface area contributed by atoms with Crippen LogP contribution >= 0.6 is 11.3 Å². The number of amides is 1. The molecule has 1 heterocycles. The molecule has 0 bridgehead atoms. The minimum absolute atomic E-state index is 0.0155. The normalized spacial score (nSPS) is 11.9. The zero-order valence-corrected chi connectivity index (χ0v) is 14.4. The third-order valence-electron chi connectivity index (χ3n) is 3.97. The molecule has 1 atom stereocenters. The maximum atomic E-state index is 12.3. The van der Waals surface area contributed by atoms with Gasteiger partial charge in [0.15, 0.2) is 6.54 Å². The molecule has 24 heavy (non-hydrogen) atoms. The van der Waals surface area contributed by atoms with E-state index in [1.807, 2.05) is 49.4 Å². The highest BCUT2D eigenvalue weighted by atomic mass is 32.1. The summed E-state index contributed by atoms with van der Waals surface area (Å²) in [6.07, 6.45) is 0. The van der Waals surface area contributed by atoms with Crippen molar-refractivity contribution in [2.24, 2.45) is 0 Å². The van der Waals surface area contributed by atoms with Crippen LogP contribution in [0.5, 0.6) is 0 Å². The molecule has 3 aromatic rings. The van der Waals surface area contributed by atoms with E-state index in [-0.39, 0.29) is 11.9 Å². The van der Waals surface area contributed by atoms with Gasteiger partial charge in [-0.15, -0.1) is 11.3 Å². The Morgan fingerprint density at radius 1 is 1.04 bits per heavy atom. The fourth-order valence-electron chi connectivity index (χ4n) is 2.68. The second kappa shape index (κ2) is 7.90. The van der Waals surface area contributed by atoms with E-state index in [0.717, 1.165) is 11.3 Å². The van der Waals surface area contributed by atoms with E-state index >= 15 is 0 Å². The minimum atomic E-state index is 0.0155. The first-order valence-electron chi connectivity index (χ1n) is 8.01. The van der Waals surface area contributed by atoms with Gasteiger partial charge in [0.05, 0.1) is 4.88 Å². The Morgan fingerprint density at radius 3 is 2.50 bits per heavy atom. The van der Waals surface area contributed by atoms with Crippen LogP contribution in [0.1, 0.15) is 22.0 Å². The monoisotopic (exact) mass is 337 g/mol. The predicted molar refractivity (Wildman–Crippen MR) is 99.2 cm³/mol. The number of quaternary nitrogens is 1. The molecule has 4 heteroatoms. The highest BCUT2D eigenvalue weighted by Crippen LogP contribution is 2.22. The Kier molecular flexibility index (Phi) is 5.41. The molecule has 0 radical (unpaired) electrons. The SMILES string of the molecule is Cc1ccccc1NC(=O)C[NH2+][C@H](c1ccccc1)c1cccs1. The Bertz CT molecular complexity index is 784. The maximum Gasteiger partial charge on any atom is 0.279 e. The molecule has 0 aliphatic heterocycles. The van der Waals surface area contributed by atoms with Gasteiger partial charge in [-0.3, -0.25) is 4.79 Å². The zero-order chi connectivity index (χ0) is 16.8. The van der Waals surface area contributed by atoms with Crippen LogP contribution in [0.3, 0.4) is 0 Å². The van der Waals surface area contributed by atoms with Gasteiger partial charge in [0.1, 0.15) is 6.04 Å². The van der Waals surface area contributed by atoms with Gasteiger partial charge in [-0.2, -0.15) is 0 Å². The van der Waals surface area contributed by atoms with Crippen LogP contribution < -0.4 is 10.6 Å². The summed E-state index contributed by atoms with van der Waals surface area (Å²) in [4.78, 5) is 13.6. The summed E-state index contributed by atoms with van der Waals surface area (Å²) in [5, 5.41) is 7.16. The number of nitrogens with one attached hydrogen (secondary N) is 1. The molecule has 1 amide bonds. The van der Waals surface area contributed by atoms with Crippen LogP contribution in [-0.2, 0) is 4.79 Å². The third kappa shape index (κ3) is 4.10. The Labute approximate surface area is 146 Å². The van der Waals surface area contributed by atoms with Crippen molar-refractivity contribution in [2.75, 3.05) is 11.9 Å². The topological polar surface area (TPSA) is 45.7 Å². The molecule has 3 nitrogen and oxygen atoms in total. The van der Waals surface area contributed by atoms with Gasteiger partial charge in [0.2, 0.25) is 0 Å². The number of hydrogen-bond acceptors (Lipinski definition) is 2. The van der Waals surface area contributed by atoms with Crippen LogP contribution in [0.2, 0.25) is 0 Å². The van der Waals surface area contributed by atoms with Crippen molar-refractivity contribution in [2.45, 2.75) is 13.0 Å². The number of thiophene rings is 1. The lowest BCUT2D eigenvalue weighted by atomic mass is 10.1. The summed E-state index contributed by atoms with van der Waals surface area (Å²) in [6, 6.07) is 22.5. The molecule has 1 aromatic heterocycles. The summed E-state index contributed by atoms with van der Waals surface area (Å²) in [6.45, 7) is 2.38. The predicted octanol–water partition coefficient (Wildman–Crippen LogP) is 3.35. The molecule has 2 aromatic carbocycles. The summed E-state index contributed by atoms with van der Waals surface area (Å²) < 4.78 is 0. The molecule has 3 N–H and O–H groups in total. The Morgan fingerprint density at radius 2 is 1.79 bits per heavy atom. The summed E-state index contributed by atoms with van der Waals surface area (Å²) in [5.74, 6) is 0.0155. The maximum absolute atomic E-state index is 12.3. The lowest BCUT2D eigenvalue weighted by Crippen LogP contribution is -2.87. The Hall–Kier alpha value is -2.43. The van der Waals surface area contributed by atoms with E-state index in [1.54, 1.807) is 11.3 Å². The molecule has 0 unspecified atom stereocenters.